The highest BCUT2D eigenvalue weighted by atomic mass is 79.9. The Kier molecular flexibility index (Phi) is 4.76. The second kappa shape index (κ2) is 6.03. The molecule has 1 aliphatic rings. The van der Waals surface area contributed by atoms with Gasteiger partial charge in [-0.05, 0) is 52.4 Å². The van der Waals surface area contributed by atoms with Crippen LogP contribution in [0.1, 0.15) is 33.1 Å². The summed E-state index contributed by atoms with van der Waals surface area (Å²) in [5.74, 6) is 1.32. The molecule has 1 aromatic carbocycles. The number of nitrogens with one attached hydrogen (secondary N) is 1. The van der Waals surface area contributed by atoms with E-state index >= 15 is 0 Å². The Hall–Kier alpha value is -0.590. The van der Waals surface area contributed by atoms with Crippen LogP contribution in [0.15, 0.2) is 27.6 Å². The highest BCUT2D eigenvalue weighted by Gasteiger charge is 2.27. The average Bonchev–Trinajstić information content (AvgIpc) is 2.36. The van der Waals surface area contributed by atoms with Gasteiger partial charge in [0.05, 0.1) is 4.90 Å². The van der Waals surface area contributed by atoms with Crippen LogP contribution in [0.5, 0.6) is 0 Å². The quantitative estimate of drug-likeness (QED) is 0.867. The smallest absolute Gasteiger partial charge is 0.238 e. The van der Waals surface area contributed by atoms with Crippen LogP contribution >= 0.6 is 15.9 Å². The van der Waals surface area contributed by atoms with Gasteiger partial charge in [0.1, 0.15) is 0 Å². The molecule has 0 spiro atoms. The standard InChI is InChI=1S/C14H21BrN2O2S/c1-9-4-3-5-13(10(9)2)17-14-7-6-11(8-12(14)15)20(16,18)19/h6-10,13,17H,3-5H2,1-2H3,(H2,16,18,19). The van der Waals surface area contributed by atoms with Gasteiger partial charge in [-0.25, -0.2) is 13.6 Å². The molecule has 1 aromatic rings. The molecular weight excluding hydrogens is 340 g/mol. The number of primary sulfonamides is 1. The summed E-state index contributed by atoms with van der Waals surface area (Å²) in [5.41, 5.74) is 0.920. The van der Waals surface area contributed by atoms with Crippen LogP contribution in [0.4, 0.5) is 5.69 Å². The van der Waals surface area contributed by atoms with Gasteiger partial charge >= 0.3 is 0 Å². The molecule has 0 radical (unpaired) electrons. The van der Waals surface area contributed by atoms with Gasteiger partial charge in [0.15, 0.2) is 0 Å². The molecule has 0 aromatic heterocycles. The lowest BCUT2D eigenvalue weighted by atomic mass is 9.78. The lowest BCUT2D eigenvalue weighted by Gasteiger charge is -2.35. The summed E-state index contributed by atoms with van der Waals surface area (Å²) < 4.78 is 23.4. The van der Waals surface area contributed by atoms with E-state index in [0.717, 1.165) is 16.6 Å². The number of rotatable bonds is 3. The number of anilines is 1. The fourth-order valence-electron chi connectivity index (χ4n) is 2.78. The van der Waals surface area contributed by atoms with Crippen molar-refractivity contribution in [3.05, 3.63) is 22.7 Å². The van der Waals surface area contributed by atoms with Crippen molar-refractivity contribution in [3.8, 4) is 0 Å². The minimum atomic E-state index is -3.65. The molecule has 1 aliphatic carbocycles. The van der Waals surface area contributed by atoms with Gasteiger partial charge in [-0.3, -0.25) is 0 Å². The molecule has 4 nitrogen and oxygen atoms in total. The fourth-order valence-corrected chi connectivity index (χ4v) is 3.96. The van der Waals surface area contributed by atoms with Crippen molar-refractivity contribution >= 4 is 31.6 Å². The Bertz CT molecular complexity index is 589. The summed E-state index contributed by atoms with van der Waals surface area (Å²) in [4.78, 5) is 0.125. The van der Waals surface area contributed by atoms with E-state index < -0.39 is 10.0 Å². The minimum absolute atomic E-state index is 0.125. The van der Waals surface area contributed by atoms with E-state index in [4.69, 9.17) is 5.14 Å². The van der Waals surface area contributed by atoms with Crippen LogP contribution in [-0.4, -0.2) is 14.5 Å². The van der Waals surface area contributed by atoms with Crippen LogP contribution in [0, 0.1) is 11.8 Å². The maximum Gasteiger partial charge on any atom is 0.238 e. The molecule has 0 heterocycles. The molecule has 2 rings (SSSR count). The van der Waals surface area contributed by atoms with E-state index in [0.29, 0.717) is 17.9 Å². The summed E-state index contributed by atoms with van der Waals surface area (Å²) in [6.45, 7) is 4.56. The molecule has 0 saturated heterocycles. The Morgan fingerprint density at radius 1 is 1.30 bits per heavy atom. The Labute approximate surface area is 129 Å². The molecule has 0 aliphatic heterocycles. The average molecular weight is 361 g/mol. The summed E-state index contributed by atoms with van der Waals surface area (Å²) in [6, 6.07) is 5.29. The number of nitrogens with two attached hydrogens (primary N) is 1. The third kappa shape index (κ3) is 3.54. The summed E-state index contributed by atoms with van der Waals surface area (Å²) >= 11 is 3.42. The van der Waals surface area contributed by atoms with E-state index in [-0.39, 0.29) is 4.90 Å². The van der Waals surface area contributed by atoms with E-state index in [1.807, 2.05) is 0 Å². The largest absolute Gasteiger partial charge is 0.381 e. The highest BCUT2D eigenvalue weighted by molar-refractivity contribution is 9.10. The lowest BCUT2D eigenvalue weighted by molar-refractivity contribution is 0.253. The first-order chi connectivity index (χ1) is 9.29. The number of sulfonamides is 1. The molecule has 3 unspecified atom stereocenters. The van der Waals surface area contributed by atoms with Crippen molar-refractivity contribution in [1.29, 1.82) is 0 Å². The van der Waals surface area contributed by atoms with Gasteiger partial charge in [0.25, 0.3) is 0 Å². The molecule has 1 saturated carbocycles. The first kappa shape index (κ1) is 15.8. The Morgan fingerprint density at radius 2 is 2.00 bits per heavy atom. The zero-order valence-corrected chi connectivity index (χ0v) is 14.2. The molecular formula is C14H21BrN2O2S. The predicted octanol–water partition coefficient (Wildman–Crippen LogP) is 3.33. The normalized spacial score (nSPS) is 27.3. The maximum absolute atomic E-state index is 11.3. The van der Waals surface area contributed by atoms with Crippen LogP contribution < -0.4 is 10.5 Å². The maximum atomic E-state index is 11.3. The van der Waals surface area contributed by atoms with Crippen molar-refractivity contribution in [2.45, 2.75) is 44.0 Å². The van der Waals surface area contributed by atoms with Crippen LogP contribution in [0.2, 0.25) is 0 Å². The van der Waals surface area contributed by atoms with Gasteiger partial charge in [-0.15, -0.1) is 0 Å². The van der Waals surface area contributed by atoms with Gasteiger partial charge in [-0.1, -0.05) is 26.7 Å². The molecule has 0 amide bonds. The molecule has 20 heavy (non-hydrogen) atoms. The summed E-state index contributed by atoms with van der Waals surface area (Å²) in [5, 5.41) is 8.66. The third-order valence-corrected chi connectivity index (χ3v) is 5.88. The Morgan fingerprint density at radius 3 is 2.60 bits per heavy atom. The zero-order chi connectivity index (χ0) is 14.9. The Balaban J connectivity index is 2.18. The number of benzene rings is 1. The molecule has 3 atom stereocenters. The predicted molar refractivity (Wildman–Crippen MR) is 85.1 cm³/mol. The van der Waals surface area contributed by atoms with E-state index in [1.54, 1.807) is 18.2 Å². The molecule has 112 valence electrons. The second-order valence-electron chi connectivity index (χ2n) is 5.70. The first-order valence-electron chi connectivity index (χ1n) is 6.88. The number of hydrogen-bond acceptors (Lipinski definition) is 3. The van der Waals surface area contributed by atoms with Gasteiger partial charge in [0.2, 0.25) is 10.0 Å². The molecule has 0 bridgehead atoms. The third-order valence-electron chi connectivity index (χ3n) is 4.32. The van der Waals surface area contributed by atoms with Gasteiger partial charge in [-0.2, -0.15) is 0 Å². The van der Waals surface area contributed by atoms with Crippen molar-refractivity contribution in [3.63, 3.8) is 0 Å². The van der Waals surface area contributed by atoms with Gasteiger partial charge < -0.3 is 5.32 Å². The lowest BCUT2D eigenvalue weighted by Crippen LogP contribution is -2.35. The van der Waals surface area contributed by atoms with Crippen LogP contribution in [0.25, 0.3) is 0 Å². The van der Waals surface area contributed by atoms with Crippen molar-refractivity contribution in [2.75, 3.05) is 5.32 Å². The minimum Gasteiger partial charge on any atom is -0.381 e. The van der Waals surface area contributed by atoms with E-state index in [9.17, 15) is 8.42 Å². The molecule has 3 N–H and O–H groups in total. The molecule has 1 fully saturated rings. The zero-order valence-electron chi connectivity index (χ0n) is 11.8. The summed E-state index contributed by atoms with van der Waals surface area (Å²) in [7, 11) is -3.65. The van der Waals surface area contributed by atoms with Crippen molar-refractivity contribution in [2.24, 2.45) is 17.0 Å². The highest BCUT2D eigenvalue weighted by Crippen LogP contribution is 2.34. The van der Waals surface area contributed by atoms with Gasteiger partial charge in [0, 0.05) is 16.2 Å². The van der Waals surface area contributed by atoms with Crippen molar-refractivity contribution < 1.29 is 8.42 Å². The number of halogens is 1. The SMILES string of the molecule is CC1CCCC(Nc2ccc(S(N)(=O)=O)cc2Br)C1C. The van der Waals surface area contributed by atoms with Crippen molar-refractivity contribution in [1.82, 2.24) is 0 Å². The number of hydrogen-bond donors (Lipinski definition) is 2. The second-order valence-corrected chi connectivity index (χ2v) is 8.12. The van der Waals surface area contributed by atoms with Crippen LogP contribution in [0.3, 0.4) is 0 Å². The van der Waals surface area contributed by atoms with Crippen LogP contribution in [-0.2, 0) is 10.0 Å². The summed E-state index contributed by atoms with van der Waals surface area (Å²) in [6.07, 6.45) is 3.66. The molecule has 6 heteroatoms. The monoisotopic (exact) mass is 360 g/mol. The van der Waals surface area contributed by atoms with E-state index in [1.165, 1.54) is 12.8 Å². The van der Waals surface area contributed by atoms with E-state index in [2.05, 4.69) is 35.1 Å². The topological polar surface area (TPSA) is 72.2 Å². The first-order valence-corrected chi connectivity index (χ1v) is 9.22. The fraction of sp³-hybridized carbons (Fsp3) is 0.571.